The first-order chi connectivity index (χ1) is 12.1. The van der Waals surface area contributed by atoms with Gasteiger partial charge in [-0.25, -0.2) is 4.98 Å². The average molecular weight is 393 g/mol. The lowest BCUT2D eigenvalue weighted by Gasteiger charge is -2.05. The van der Waals surface area contributed by atoms with Crippen molar-refractivity contribution in [3.05, 3.63) is 57.4 Å². The Balaban J connectivity index is 1.94. The molecule has 0 aliphatic heterocycles. The van der Waals surface area contributed by atoms with Crippen LogP contribution in [0.2, 0.25) is 10.0 Å². The first-order valence-electron chi connectivity index (χ1n) is 7.97. The molecule has 1 heterocycles. The number of rotatable bonds is 6. The number of ether oxygens (including phenoxy) is 1. The third kappa shape index (κ3) is 4.27. The van der Waals surface area contributed by atoms with Gasteiger partial charge < -0.3 is 10.1 Å². The SMILES string of the molecule is CCCc1sc(Nc2cccc(OC)c2)nc1-c1ccc(Cl)c(Cl)c1. The van der Waals surface area contributed by atoms with Crippen LogP contribution in [0.1, 0.15) is 18.2 Å². The fourth-order valence-electron chi connectivity index (χ4n) is 2.49. The second-order valence-corrected chi connectivity index (χ2v) is 7.42. The molecule has 0 saturated heterocycles. The highest BCUT2D eigenvalue weighted by molar-refractivity contribution is 7.16. The van der Waals surface area contributed by atoms with Crippen molar-refractivity contribution in [3.8, 4) is 17.0 Å². The highest BCUT2D eigenvalue weighted by Crippen LogP contribution is 2.36. The van der Waals surface area contributed by atoms with Crippen LogP contribution in [0.15, 0.2) is 42.5 Å². The number of benzene rings is 2. The van der Waals surface area contributed by atoms with Crippen molar-refractivity contribution in [2.75, 3.05) is 12.4 Å². The van der Waals surface area contributed by atoms with Crippen molar-refractivity contribution in [2.24, 2.45) is 0 Å². The van der Waals surface area contributed by atoms with Crippen LogP contribution in [0.25, 0.3) is 11.3 Å². The van der Waals surface area contributed by atoms with E-state index in [1.54, 1.807) is 18.4 Å². The molecular weight excluding hydrogens is 375 g/mol. The van der Waals surface area contributed by atoms with E-state index in [0.29, 0.717) is 10.0 Å². The van der Waals surface area contributed by atoms with E-state index >= 15 is 0 Å². The second kappa shape index (κ2) is 8.09. The summed E-state index contributed by atoms with van der Waals surface area (Å²) >= 11 is 13.9. The van der Waals surface area contributed by atoms with E-state index in [1.807, 2.05) is 42.5 Å². The van der Waals surface area contributed by atoms with Gasteiger partial charge in [-0.1, -0.05) is 48.7 Å². The first-order valence-corrected chi connectivity index (χ1v) is 9.54. The summed E-state index contributed by atoms with van der Waals surface area (Å²) in [6.07, 6.45) is 2.02. The highest BCUT2D eigenvalue weighted by atomic mass is 35.5. The lowest BCUT2D eigenvalue weighted by Crippen LogP contribution is -1.91. The number of anilines is 2. The Morgan fingerprint density at radius 1 is 1.12 bits per heavy atom. The summed E-state index contributed by atoms with van der Waals surface area (Å²) in [4.78, 5) is 6.01. The van der Waals surface area contributed by atoms with Crippen molar-refractivity contribution in [3.63, 3.8) is 0 Å². The molecule has 0 aliphatic rings. The van der Waals surface area contributed by atoms with Gasteiger partial charge >= 0.3 is 0 Å². The number of hydrogen-bond acceptors (Lipinski definition) is 4. The molecule has 25 heavy (non-hydrogen) atoms. The molecule has 3 aromatic rings. The summed E-state index contributed by atoms with van der Waals surface area (Å²) in [5.74, 6) is 0.806. The molecule has 0 radical (unpaired) electrons. The Morgan fingerprint density at radius 2 is 1.96 bits per heavy atom. The van der Waals surface area contributed by atoms with E-state index in [0.717, 1.165) is 40.7 Å². The molecule has 0 atom stereocenters. The summed E-state index contributed by atoms with van der Waals surface area (Å²) in [6.45, 7) is 2.16. The minimum absolute atomic E-state index is 0.539. The summed E-state index contributed by atoms with van der Waals surface area (Å²) in [6, 6.07) is 13.4. The van der Waals surface area contributed by atoms with Crippen molar-refractivity contribution in [1.29, 1.82) is 0 Å². The number of hydrogen-bond donors (Lipinski definition) is 1. The van der Waals surface area contributed by atoms with E-state index in [-0.39, 0.29) is 0 Å². The van der Waals surface area contributed by atoms with Crippen LogP contribution in [0.3, 0.4) is 0 Å². The van der Waals surface area contributed by atoms with Crippen LogP contribution >= 0.6 is 34.5 Å². The highest BCUT2D eigenvalue weighted by Gasteiger charge is 2.14. The maximum Gasteiger partial charge on any atom is 0.187 e. The lowest BCUT2D eigenvalue weighted by atomic mass is 10.1. The number of halogens is 2. The summed E-state index contributed by atoms with van der Waals surface area (Å²) in [5, 5.41) is 5.29. The molecular formula is C19H18Cl2N2OS. The molecule has 6 heteroatoms. The molecule has 1 aromatic heterocycles. The fraction of sp³-hybridized carbons (Fsp3) is 0.211. The largest absolute Gasteiger partial charge is 0.497 e. The number of aryl methyl sites for hydroxylation is 1. The van der Waals surface area contributed by atoms with Crippen molar-refractivity contribution in [2.45, 2.75) is 19.8 Å². The van der Waals surface area contributed by atoms with Gasteiger partial charge in [0.1, 0.15) is 5.75 Å². The Labute approximate surface area is 161 Å². The minimum Gasteiger partial charge on any atom is -0.497 e. The quantitative estimate of drug-likeness (QED) is 0.499. The molecule has 0 bridgehead atoms. The Morgan fingerprint density at radius 3 is 2.68 bits per heavy atom. The molecule has 0 spiro atoms. The van der Waals surface area contributed by atoms with Gasteiger partial charge in [-0.2, -0.15) is 0 Å². The number of aromatic nitrogens is 1. The lowest BCUT2D eigenvalue weighted by molar-refractivity contribution is 0.415. The van der Waals surface area contributed by atoms with E-state index in [9.17, 15) is 0 Å². The zero-order chi connectivity index (χ0) is 17.8. The van der Waals surface area contributed by atoms with Gasteiger partial charge in [0.05, 0.1) is 22.8 Å². The van der Waals surface area contributed by atoms with Gasteiger partial charge in [0.2, 0.25) is 0 Å². The molecule has 0 fully saturated rings. The predicted octanol–water partition coefficient (Wildman–Crippen LogP) is 6.82. The summed E-state index contributed by atoms with van der Waals surface area (Å²) in [5.41, 5.74) is 2.88. The molecule has 3 nitrogen and oxygen atoms in total. The topological polar surface area (TPSA) is 34.1 Å². The smallest absolute Gasteiger partial charge is 0.187 e. The minimum atomic E-state index is 0.539. The standard InChI is InChI=1S/C19H18Cl2N2OS/c1-3-5-17-18(12-8-9-15(20)16(21)10-12)23-19(25-17)22-13-6-4-7-14(11-13)24-2/h4,6-11H,3,5H2,1-2H3,(H,22,23). The van der Waals surface area contributed by atoms with Crippen LogP contribution in [-0.4, -0.2) is 12.1 Å². The maximum absolute atomic E-state index is 6.18. The van der Waals surface area contributed by atoms with Gasteiger partial charge in [0.25, 0.3) is 0 Å². The van der Waals surface area contributed by atoms with Crippen LogP contribution in [-0.2, 0) is 6.42 Å². The molecule has 0 aliphatic carbocycles. The van der Waals surface area contributed by atoms with E-state index in [1.165, 1.54) is 4.88 Å². The summed E-state index contributed by atoms with van der Waals surface area (Å²) in [7, 11) is 1.66. The third-order valence-corrected chi connectivity index (χ3v) is 5.46. The zero-order valence-corrected chi connectivity index (χ0v) is 16.3. The first kappa shape index (κ1) is 18.1. The Hall–Kier alpha value is -1.75. The van der Waals surface area contributed by atoms with Gasteiger partial charge in [0, 0.05) is 22.2 Å². The fourth-order valence-corrected chi connectivity index (χ4v) is 3.90. The average Bonchev–Trinajstić information content (AvgIpc) is 3.00. The number of nitrogens with zero attached hydrogens (tertiary/aromatic N) is 1. The van der Waals surface area contributed by atoms with Crippen LogP contribution in [0, 0.1) is 0 Å². The summed E-state index contributed by atoms with van der Waals surface area (Å²) < 4.78 is 5.27. The van der Waals surface area contributed by atoms with E-state index < -0.39 is 0 Å². The van der Waals surface area contributed by atoms with Crippen molar-refractivity contribution >= 4 is 45.4 Å². The van der Waals surface area contributed by atoms with E-state index in [2.05, 4.69) is 12.2 Å². The Kier molecular flexibility index (Phi) is 5.84. The second-order valence-electron chi connectivity index (χ2n) is 5.53. The van der Waals surface area contributed by atoms with Crippen LogP contribution < -0.4 is 10.1 Å². The van der Waals surface area contributed by atoms with Crippen molar-refractivity contribution < 1.29 is 4.74 Å². The molecule has 1 N–H and O–H groups in total. The monoisotopic (exact) mass is 392 g/mol. The Bertz CT molecular complexity index is 880. The van der Waals surface area contributed by atoms with Gasteiger partial charge in [0.15, 0.2) is 5.13 Å². The van der Waals surface area contributed by atoms with Crippen molar-refractivity contribution in [1.82, 2.24) is 4.98 Å². The van der Waals surface area contributed by atoms with E-state index in [4.69, 9.17) is 32.9 Å². The molecule has 0 saturated carbocycles. The number of nitrogens with one attached hydrogen (secondary N) is 1. The molecule has 0 amide bonds. The zero-order valence-electron chi connectivity index (χ0n) is 14.0. The molecule has 0 unspecified atom stereocenters. The van der Waals surface area contributed by atoms with Gasteiger partial charge in [-0.05, 0) is 30.7 Å². The van der Waals surface area contributed by atoms with Gasteiger partial charge in [-0.15, -0.1) is 11.3 Å². The third-order valence-electron chi connectivity index (χ3n) is 3.69. The molecule has 2 aromatic carbocycles. The number of methoxy groups -OCH3 is 1. The van der Waals surface area contributed by atoms with Crippen LogP contribution in [0.5, 0.6) is 5.75 Å². The van der Waals surface area contributed by atoms with Gasteiger partial charge in [-0.3, -0.25) is 0 Å². The normalized spacial score (nSPS) is 10.7. The number of thiazole rings is 1. The maximum atomic E-state index is 6.18. The predicted molar refractivity (Wildman–Crippen MR) is 108 cm³/mol. The van der Waals surface area contributed by atoms with Crippen LogP contribution in [0.4, 0.5) is 10.8 Å². The molecule has 130 valence electrons. The molecule has 3 rings (SSSR count).